The van der Waals surface area contributed by atoms with E-state index in [2.05, 4.69) is 6.92 Å². The highest BCUT2D eigenvalue weighted by molar-refractivity contribution is 6.35. The number of hydrogen-bond donors (Lipinski definition) is 1. The fourth-order valence-electron chi connectivity index (χ4n) is 2.23. The van der Waals surface area contributed by atoms with Crippen LogP contribution >= 0.6 is 23.2 Å². The number of aliphatic hydroxyl groups is 1. The Labute approximate surface area is 126 Å². The minimum atomic E-state index is -0.344. The van der Waals surface area contributed by atoms with Crippen molar-refractivity contribution >= 4 is 23.2 Å². The summed E-state index contributed by atoms with van der Waals surface area (Å²) in [6.45, 7) is 2.22. The van der Waals surface area contributed by atoms with Crippen LogP contribution in [-0.4, -0.2) is 11.2 Å². The van der Waals surface area contributed by atoms with E-state index in [1.165, 1.54) is 32.1 Å². The summed E-state index contributed by atoms with van der Waals surface area (Å²) in [4.78, 5) is 0. The lowest BCUT2D eigenvalue weighted by molar-refractivity contribution is 0.161. The average molecular weight is 303 g/mol. The number of halogens is 2. The molecule has 3 heteroatoms. The monoisotopic (exact) mass is 302 g/mol. The molecule has 0 spiro atoms. The predicted octanol–water partition coefficient (Wildman–Crippen LogP) is 5.65. The van der Waals surface area contributed by atoms with Crippen LogP contribution in [0.25, 0.3) is 0 Å². The van der Waals surface area contributed by atoms with E-state index in [-0.39, 0.29) is 6.10 Å². The van der Waals surface area contributed by atoms with Gasteiger partial charge in [0.25, 0.3) is 0 Å². The van der Waals surface area contributed by atoms with Crippen LogP contribution in [-0.2, 0) is 6.42 Å². The van der Waals surface area contributed by atoms with Gasteiger partial charge in [0.1, 0.15) is 0 Å². The van der Waals surface area contributed by atoms with E-state index in [0.717, 1.165) is 18.4 Å². The number of hydrogen-bond acceptors (Lipinski definition) is 1. The molecule has 1 atom stereocenters. The Balaban J connectivity index is 2.25. The van der Waals surface area contributed by atoms with E-state index < -0.39 is 0 Å². The maximum Gasteiger partial charge on any atom is 0.0581 e. The standard InChI is InChI=1S/C16H24Cl2O/c1-2-3-4-5-6-7-9-13(19)12-14-15(17)10-8-11-16(14)18/h8,10-11,13,19H,2-7,9,12H2,1H3. The van der Waals surface area contributed by atoms with Gasteiger partial charge >= 0.3 is 0 Å². The summed E-state index contributed by atoms with van der Waals surface area (Å²) in [7, 11) is 0. The van der Waals surface area contributed by atoms with Crippen LogP contribution in [0.2, 0.25) is 10.0 Å². The Morgan fingerprint density at radius 2 is 1.58 bits per heavy atom. The minimum Gasteiger partial charge on any atom is -0.393 e. The summed E-state index contributed by atoms with van der Waals surface area (Å²) in [6.07, 6.45) is 8.48. The third kappa shape index (κ3) is 6.65. The first kappa shape index (κ1) is 16.8. The Bertz CT molecular complexity index is 346. The van der Waals surface area contributed by atoms with Gasteiger partial charge in [-0.15, -0.1) is 0 Å². The van der Waals surface area contributed by atoms with E-state index in [9.17, 15) is 5.11 Å². The molecule has 1 unspecified atom stereocenters. The molecule has 0 aliphatic carbocycles. The van der Waals surface area contributed by atoms with Gasteiger partial charge in [0.05, 0.1) is 6.10 Å². The van der Waals surface area contributed by atoms with E-state index >= 15 is 0 Å². The molecule has 19 heavy (non-hydrogen) atoms. The molecule has 0 radical (unpaired) electrons. The molecule has 1 N–H and O–H groups in total. The SMILES string of the molecule is CCCCCCCCC(O)Cc1c(Cl)cccc1Cl. The Morgan fingerprint density at radius 3 is 2.21 bits per heavy atom. The summed E-state index contributed by atoms with van der Waals surface area (Å²) in [5.74, 6) is 0. The van der Waals surface area contributed by atoms with E-state index in [0.29, 0.717) is 16.5 Å². The normalized spacial score (nSPS) is 12.6. The molecule has 1 rings (SSSR count). The zero-order chi connectivity index (χ0) is 14.1. The molecule has 1 nitrogen and oxygen atoms in total. The van der Waals surface area contributed by atoms with E-state index in [4.69, 9.17) is 23.2 Å². The maximum atomic E-state index is 10.0. The van der Waals surface area contributed by atoms with Crippen molar-refractivity contribution in [2.45, 2.75) is 64.4 Å². The summed E-state index contributed by atoms with van der Waals surface area (Å²) >= 11 is 12.2. The first-order chi connectivity index (χ1) is 9.15. The minimum absolute atomic E-state index is 0.344. The van der Waals surface area contributed by atoms with Crippen molar-refractivity contribution in [1.82, 2.24) is 0 Å². The van der Waals surface area contributed by atoms with Gasteiger partial charge in [-0.05, 0) is 24.1 Å². The van der Waals surface area contributed by atoms with Crippen molar-refractivity contribution in [2.24, 2.45) is 0 Å². The molecule has 0 saturated carbocycles. The second kappa shape index (κ2) is 9.63. The molecule has 108 valence electrons. The predicted molar refractivity (Wildman–Crippen MR) is 84.2 cm³/mol. The van der Waals surface area contributed by atoms with Gasteiger partial charge < -0.3 is 5.11 Å². The van der Waals surface area contributed by atoms with Gasteiger partial charge in [-0.1, -0.05) is 74.7 Å². The van der Waals surface area contributed by atoms with E-state index in [1.807, 2.05) is 18.2 Å². The number of aliphatic hydroxyl groups excluding tert-OH is 1. The third-order valence-electron chi connectivity index (χ3n) is 3.39. The fraction of sp³-hybridized carbons (Fsp3) is 0.625. The van der Waals surface area contributed by atoms with Gasteiger partial charge in [0, 0.05) is 16.5 Å². The first-order valence-corrected chi connectivity index (χ1v) is 8.01. The Morgan fingerprint density at radius 1 is 1.00 bits per heavy atom. The van der Waals surface area contributed by atoms with Gasteiger partial charge in [-0.3, -0.25) is 0 Å². The van der Waals surface area contributed by atoms with Gasteiger partial charge in [0.2, 0.25) is 0 Å². The van der Waals surface area contributed by atoms with Crippen molar-refractivity contribution in [1.29, 1.82) is 0 Å². The van der Waals surface area contributed by atoms with Crippen molar-refractivity contribution in [3.8, 4) is 0 Å². The molecule has 0 fully saturated rings. The number of unbranched alkanes of at least 4 members (excludes halogenated alkanes) is 5. The average Bonchev–Trinajstić information content (AvgIpc) is 2.38. The molecule has 1 aromatic carbocycles. The summed E-state index contributed by atoms with van der Waals surface area (Å²) < 4.78 is 0. The van der Waals surface area contributed by atoms with Crippen LogP contribution in [0.4, 0.5) is 0 Å². The second-order valence-electron chi connectivity index (χ2n) is 5.11. The van der Waals surface area contributed by atoms with Crippen molar-refractivity contribution in [2.75, 3.05) is 0 Å². The lowest BCUT2D eigenvalue weighted by Crippen LogP contribution is -2.11. The molecule has 1 aromatic rings. The van der Waals surface area contributed by atoms with Crippen LogP contribution in [0.1, 0.15) is 57.4 Å². The van der Waals surface area contributed by atoms with Crippen LogP contribution in [0, 0.1) is 0 Å². The topological polar surface area (TPSA) is 20.2 Å². The van der Waals surface area contributed by atoms with Gasteiger partial charge in [0.15, 0.2) is 0 Å². The molecule has 0 aliphatic heterocycles. The molecule has 0 aliphatic rings. The highest BCUT2D eigenvalue weighted by Crippen LogP contribution is 2.26. The van der Waals surface area contributed by atoms with Crippen LogP contribution < -0.4 is 0 Å². The smallest absolute Gasteiger partial charge is 0.0581 e. The zero-order valence-corrected chi connectivity index (χ0v) is 13.2. The largest absolute Gasteiger partial charge is 0.393 e. The molecular weight excluding hydrogens is 279 g/mol. The quantitative estimate of drug-likeness (QED) is 0.585. The van der Waals surface area contributed by atoms with Crippen LogP contribution in [0.5, 0.6) is 0 Å². The van der Waals surface area contributed by atoms with Crippen molar-refractivity contribution in [3.05, 3.63) is 33.8 Å². The third-order valence-corrected chi connectivity index (χ3v) is 4.10. The summed E-state index contributed by atoms with van der Waals surface area (Å²) in [6, 6.07) is 5.47. The molecule has 0 amide bonds. The van der Waals surface area contributed by atoms with Crippen molar-refractivity contribution in [3.63, 3.8) is 0 Å². The van der Waals surface area contributed by atoms with Crippen molar-refractivity contribution < 1.29 is 5.11 Å². The number of benzene rings is 1. The zero-order valence-electron chi connectivity index (χ0n) is 11.7. The molecule has 0 bridgehead atoms. The molecular formula is C16H24Cl2O. The highest BCUT2D eigenvalue weighted by Gasteiger charge is 2.11. The second-order valence-corrected chi connectivity index (χ2v) is 5.93. The highest BCUT2D eigenvalue weighted by atomic mass is 35.5. The molecule has 0 saturated heterocycles. The lowest BCUT2D eigenvalue weighted by Gasteiger charge is -2.13. The molecule has 0 heterocycles. The maximum absolute atomic E-state index is 10.0. The first-order valence-electron chi connectivity index (χ1n) is 7.26. The fourth-order valence-corrected chi connectivity index (χ4v) is 2.78. The lowest BCUT2D eigenvalue weighted by atomic mass is 10.0. The van der Waals surface area contributed by atoms with Crippen LogP contribution in [0.3, 0.4) is 0 Å². The van der Waals surface area contributed by atoms with Crippen LogP contribution in [0.15, 0.2) is 18.2 Å². The Hall–Kier alpha value is -0.240. The summed E-state index contributed by atoms with van der Waals surface area (Å²) in [5, 5.41) is 11.3. The van der Waals surface area contributed by atoms with Gasteiger partial charge in [-0.25, -0.2) is 0 Å². The van der Waals surface area contributed by atoms with Gasteiger partial charge in [-0.2, -0.15) is 0 Å². The Kier molecular flexibility index (Phi) is 8.52. The van der Waals surface area contributed by atoms with E-state index in [1.54, 1.807) is 0 Å². The number of rotatable bonds is 9. The summed E-state index contributed by atoms with van der Waals surface area (Å²) in [5.41, 5.74) is 0.865. The molecule has 0 aromatic heterocycles.